The Morgan fingerprint density at radius 3 is 2.47 bits per heavy atom. The molecule has 0 atom stereocenters. The van der Waals surface area contributed by atoms with E-state index in [9.17, 15) is 10.1 Å². The van der Waals surface area contributed by atoms with Crippen LogP contribution in [-0.4, -0.2) is 9.91 Å². The molecular formula is C11H5Cl3N2O3. The highest BCUT2D eigenvalue weighted by molar-refractivity contribution is 6.42. The van der Waals surface area contributed by atoms with Gasteiger partial charge in [-0.15, -0.1) is 0 Å². The predicted octanol–water partition coefficient (Wildman–Crippen LogP) is 4.74. The Labute approximate surface area is 122 Å². The number of nitrogens with zero attached hydrogens (tertiary/aromatic N) is 2. The van der Waals surface area contributed by atoms with Gasteiger partial charge >= 0.3 is 11.6 Å². The normalized spacial score (nSPS) is 10.3. The number of ether oxygens (including phenoxy) is 1. The lowest BCUT2D eigenvalue weighted by atomic mass is 10.3. The second-order valence-electron chi connectivity index (χ2n) is 3.39. The summed E-state index contributed by atoms with van der Waals surface area (Å²) in [7, 11) is 0. The van der Waals surface area contributed by atoms with Crippen LogP contribution in [0.15, 0.2) is 30.3 Å². The molecule has 1 heterocycles. The van der Waals surface area contributed by atoms with Crippen molar-refractivity contribution in [2.75, 3.05) is 0 Å². The van der Waals surface area contributed by atoms with Crippen molar-refractivity contribution in [1.29, 1.82) is 0 Å². The van der Waals surface area contributed by atoms with Crippen molar-refractivity contribution in [2.45, 2.75) is 0 Å². The van der Waals surface area contributed by atoms with Gasteiger partial charge in [0.1, 0.15) is 10.9 Å². The molecule has 0 saturated heterocycles. The molecule has 0 radical (unpaired) electrons. The van der Waals surface area contributed by atoms with Crippen molar-refractivity contribution in [3.63, 3.8) is 0 Å². The largest absolute Gasteiger partial charge is 0.434 e. The summed E-state index contributed by atoms with van der Waals surface area (Å²) in [6, 6.07) is 6.97. The number of benzene rings is 1. The second kappa shape index (κ2) is 5.61. The highest BCUT2D eigenvalue weighted by Crippen LogP contribution is 2.33. The first-order chi connectivity index (χ1) is 8.97. The maximum Gasteiger partial charge on any atom is 0.331 e. The fraction of sp³-hybridized carbons (Fsp3) is 0. The van der Waals surface area contributed by atoms with Crippen molar-refractivity contribution >= 4 is 40.5 Å². The average molecular weight is 320 g/mol. The summed E-state index contributed by atoms with van der Waals surface area (Å²) in [4.78, 5) is 14.0. The van der Waals surface area contributed by atoms with Crippen molar-refractivity contribution in [3.8, 4) is 11.6 Å². The molecule has 0 aliphatic heterocycles. The van der Waals surface area contributed by atoms with Crippen LogP contribution in [0.5, 0.6) is 11.6 Å². The van der Waals surface area contributed by atoms with Crippen molar-refractivity contribution in [1.82, 2.24) is 4.98 Å². The van der Waals surface area contributed by atoms with Crippen LogP contribution in [0.25, 0.3) is 0 Å². The highest BCUT2D eigenvalue weighted by atomic mass is 35.5. The first-order valence-electron chi connectivity index (χ1n) is 4.91. The van der Waals surface area contributed by atoms with Crippen molar-refractivity contribution in [3.05, 3.63) is 55.6 Å². The molecule has 19 heavy (non-hydrogen) atoms. The van der Waals surface area contributed by atoms with E-state index >= 15 is 0 Å². The van der Waals surface area contributed by atoms with Gasteiger partial charge in [0.15, 0.2) is 0 Å². The standard InChI is InChI=1S/C11H5Cl3N2O3/c12-7-2-1-6(5-8(7)13)19-11-9(16(17)18)3-4-10(14)15-11/h1-5H. The van der Waals surface area contributed by atoms with Crippen LogP contribution in [-0.2, 0) is 0 Å². The highest BCUT2D eigenvalue weighted by Gasteiger charge is 2.18. The summed E-state index contributed by atoms with van der Waals surface area (Å²) in [5.74, 6) is 0.0585. The molecule has 5 nitrogen and oxygen atoms in total. The van der Waals surface area contributed by atoms with Crippen LogP contribution in [0.2, 0.25) is 15.2 Å². The van der Waals surface area contributed by atoms with Gasteiger partial charge < -0.3 is 4.74 Å². The van der Waals surface area contributed by atoms with Gasteiger partial charge in [0.2, 0.25) is 0 Å². The number of rotatable bonds is 3. The maximum atomic E-state index is 10.8. The molecule has 98 valence electrons. The van der Waals surface area contributed by atoms with Crippen LogP contribution in [0, 0.1) is 10.1 Å². The third kappa shape index (κ3) is 3.26. The van der Waals surface area contributed by atoms with E-state index in [2.05, 4.69) is 4.98 Å². The Kier molecular flexibility index (Phi) is 4.09. The number of pyridine rings is 1. The molecule has 0 N–H and O–H groups in total. The molecule has 2 aromatic rings. The predicted molar refractivity (Wildman–Crippen MR) is 72.4 cm³/mol. The number of hydrogen-bond donors (Lipinski definition) is 0. The Morgan fingerprint density at radius 1 is 1.11 bits per heavy atom. The van der Waals surface area contributed by atoms with Crippen molar-refractivity contribution < 1.29 is 9.66 Å². The van der Waals surface area contributed by atoms with E-state index in [1.165, 1.54) is 30.3 Å². The molecule has 8 heteroatoms. The quantitative estimate of drug-likeness (QED) is 0.465. The van der Waals surface area contributed by atoms with E-state index in [-0.39, 0.29) is 27.5 Å². The zero-order chi connectivity index (χ0) is 14.0. The molecule has 0 spiro atoms. The fourth-order valence-corrected chi connectivity index (χ4v) is 1.70. The Hall–Kier alpha value is -1.56. The molecular weight excluding hydrogens is 314 g/mol. The van der Waals surface area contributed by atoms with Crippen LogP contribution in [0.3, 0.4) is 0 Å². The molecule has 0 aliphatic rings. The lowest BCUT2D eigenvalue weighted by Gasteiger charge is -2.06. The minimum atomic E-state index is -0.615. The SMILES string of the molecule is O=[N+]([O-])c1ccc(Cl)nc1Oc1ccc(Cl)c(Cl)c1. The Morgan fingerprint density at radius 2 is 1.84 bits per heavy atom. The summed E-state index contributed by atoms with van der Waals surface area (Å²) in [5, 5.41) is 11.5. The summed E-state index contributed by atoms with van der Waals surface area (Å²) < 4.78 is 5.31. The third-order valence-electron chi connectivity index (χ3n) is 2.11. The molecule has 2 rings (SSSR count). The molecule has 0 bridgehead atoms. The van der Waals surface area contributed by atoms with Gasteiger partial charge in [0, 0.05) is 12.1 Å². The molecule has 0 saturated carbocycles. The first kappa shape index (κ1) is 13.9. The minimum absolute atomic E-state index is 0.0839. The van der Waals surface area contributed by atoms with Crippen LogP contribution in [0.1, 0.15) is 0 Å². The minimum Gasteiger partial charge on any atom is -0.434 e. The molecule has 1 aromatic carbocycles. The molecule has 0 amide bonds. The van der Waals surface area contributed by atoms with E-state index in [1.54, 1.807) is 0 Å². The molecule has 1 aromatic heterocycles. The van der Waals surface area contributed by atoms with Crippen molar-refractivity contribution in [2.24, 2.45) is 0 Å². The van der Waals surface area contributed by atoms with Crippen LogP contribution >= 0.6 is 34.8 Å². The number of hydrogen-bond acceptors (Lipinski definition) is 4. The Balaban J connectivity index is 2.39. The van der Waals surface area contributed by atoms with Gasteiger partial charge in [-0.1, -0.05) is 34.8 Å². The van der Waals surface area contributed by atoms with Crippen LogP contribution < -0.4 is 4.74 Å². The third-order valence-corrected chi connectivity index (χ3v) is 3.06. The molecule has 0 aliphatic carbocycles. The maximum absolute atomic E-state index is 10.8. The topological polar surface area (TPSA) is 65.3 Å². The second-order valence-corrected chi connectivity index (χ2v) is 4.59. The molecule has 0 unspecified atom stereocenters. The van der Waals surface area contributed by atoms with Gasteiger partial charge in [0.25, 0.3) is 0 Å². The smallest absolute Gasteiger partial charge is 0.331 e. The van der Waals surface area contributed by atoms with Gasteiger partial charge in [0.05, 0.1) is 15.0 Å². The lowest BCUT2D eigenvalue weighted by Crippen LogP contribution is -1.96. The first-order valence-corrected chi connectivity index (χ1v) is 6.04. The van der Waals surface area contributed by atoms with Gasteiger partial charge in [-0.3, -0.25) is 10.1 Å². The van der Waals surface area contributed by atoms with Crippen LogP contribution in [0.4, 0.5) is 5.69 Å². The van der Waals surface area contributed by atoms with E-state index in [0.29, 0.717) is 5.02 Å². The summed E-state index contributed by atoms with van der Waals surface area (Å²) in [6.45, 7) is 0. The van der Waals surface area contributed by atoms with E-state index in [1.807, 2.05) is 0 Å². The van der Waals surface area contributed by atoms with E-state index < -0.39 is 4.92 Å². The number of aromatic nitrogens is 1. The fourth-order valence-electron chi connectivity index (χ4n) is 1.28. The lowest BCUT2D eigenvalue weighted by molar-refractivity contribution is -0.386. The van der Waals surface area contributed by atoms with E-state index in [0.717, 1.165) is 0 Å². The number of halogens is 3. The van der Waals surface area contributed by atoms with Gasteiger partial charge in [-0.25, -0.2) is 0 Å². The summed E-state index contributed by atoms with van der Waals surface area (Å²) in [5.41, 5.74) is -0.296. The Bertz CT molecular complexity index is 649. The van der Waals surface area contributed by atoms with E-state index in [4.69, 9.17) is 39.5 Å². The monoisotopic (exact) mass is 318 g/mol. The average Bonchev–Trinajstić information content (AvgIpc) is 2.33. The van der Waals surface area contributed by atoms with Gasteiger partial charge in [-0.05, 0) is 18.2 Å². The summed E-state index contributed by atoms with van der Waals surface area (Å²) in [6.07, 6.45) is 0. The summed E-state index contributed by atoms with van der Waals surface area (Å²) >= 11 is 17.3. The zero-order valence-electron chi connectivity index (χ0n) is 9.14. The molecule has 0 fully saturated rings. The number of nitro groups is 1. The zero-order valence-corrected chi connectivity index (χ0v) is 11.4. The van der Waals surface area contributed by atoms with Gasteiger partial charge in [-0.2, -0.15) is 4.98 Å².